The van der Waals surface area contributed by atoms with Crippen molar-refractivity contribution in [1.82, 2.24) is 0 Å². The predicted octanol–water partition coefficient (Wildman–Crippen LogP) is 7.96. The smallest absolute Gasteiger partial charge is 0.122 e. The van der Waals surface area contributed by atoms with Crippen molar-refractivity contribution in [3.8, 4) is 11.5 Å². The molecule has 2 N–H and O–H groups in total. The molecule has 0 radical (unpaired) electrons. The highest BCUT2D eigenvalue weighted by Gasteiger charge is 2.22. The SMILES string of the molecule is Cc1cc(Sc2cc(C)c(O)c(C3CCCCC3)c2)cc(C2CCCCC2)c1O. The van der Waals surface area contributed by atoms with Crippen molar-refractivity contribution in [3.63, 3.8) is 0 Å². The van der Waals surface area contributed by atoms with E-state index in [9.17, 15) is 10.2 Å². The Morgan fingerprint density at radius 1 is 0.621 bits per heavy atom. The van der Waals surface area contributed by atoms with Crippen molar-refractivity contribution in [3.05, 3.63) is 46.5 Å². The fraction of sp³-hybridized carbons (Fsp3) is 0.538. The van der Waals surface area contributed by atoms with E-state index in [1.54, 1.807) is 11.8 Å². The van der Waals surface area contributed by atoms with Crippen LogP contribution >= 0.6 is 11.8 Å². The third kappa shape index (κ3) is 4.60. The van der Waals surface area contributed by atoms with E-state index in [1.165, 1.54) is 74.0 Å². The molecule has 0 aromatic heterocycles. The van der Waals surface area contributed by atoms with Gasteiger partial charge < -0.3 is 10.2 Å². The minimum absolute atomic E-state index is 0.488. The molecular formula is C26H34O2S. The molecule has 3 heteroatoms. The van der Waals surface area contributed by atoms with Crippen molar-refractivity contribution in [2.24, 2.45) is 0 Å². The largest absolute Gasteiger partial charge is 0.507 e. The van der Waals surface area contributed by atoms with Gasteiger partial charge in [-0.2, -0.15) is 0 Å². The molecule has 29 heavy (non-hydrogen) atoms. The van der Waals surface area contributed by atoms with Crippen LogP contribution in [0.3, 0.4) is 0 Å². The summed E-state index contributed by atoms with van der Waals surface area (Å²) in [7, 11) is 0. The molecule has 2 saturated carbocycles. The van der Waals surface area contributed by atoms with Gasteiger partial charge in [-0.05, 0) is 97.9 Å². The van der Waals surface area contributed by atoms with E-state index in [2.05, 4.69) is 24.3 Å². The molecule has 2 nitrogen and oxygen atoms in total. The van der Waals surface area contributed by atoms with Gasteiger partial charge in [0.05, 0.1) is 0 Å². The Bertz CT molecular complexity index is 790. The van der Waals surface area contributed by atoms with E-state index in [4.69, 9.17) is 0 Å². The van der Waals surface area contributed by atoms with E-state index in [1.807, 2.05) is 13.8 Å². The molecule has 4 rings (SSSR count). The molecule has 0 heterocycles. The first-order valence-electron chi connectivity index (χ1n) is 11.4. The molecule has 0 bridgehead atoms. The van der Waals surface area contributed by atoms with Crippen LogP contribution in [0.25, 0.3) is 0 Å². The highest BCUT2D eigenvalue weighted by atomic mass is 32.2. The lowest BCUT2D eigenvalue weighted by Crippen LogP contribution is -2.06. The molecule has 0 atom stereocenters. The molecule has 2 aromatic carbocycles. The Hall–Kier alpha value is -1.61. The number of benzene rings is 2. The third-order valence-electron chi connectivity index (χ3n) is 6.93. The Kier molecular flexibility index (Phi) is 6.44. The fourth-order valence-electron chi connectivity index (χ4n) is 5.25. The maximum atomic E-state index is 10.7. The van der Waals surface area contributed by atoms with E-state index in [0.717, 1.165) is 22.3 Å². The zero-order valence-electron chi connectivity index (χ0n) is 17.8. The van der Waals surface area contributed by atoms with Crippen molar-refractivity contribution < 1.29 is 10.2 Å². The first-order chi connectivity index (χ1) is 14.0. The number of hydrogen-bond donors (Lipinski definition) is 2. The van der Waals surface area contributed by atoms with Crippen LogP contribution in [0, 0.1) is 13.8 Å². The zero-order valence-corrected chi connectivity index (χ0v) is 18.7. The Morgan fingerprint density at radius 2 is 1.00 bits per heavy atom. The van der Waals surface area contributed by atoms with Gasteiger partial charge in [-0.1, -0.05) is 50.3 Å². The van der Waals surface area contributed by atoms with Gasteiger partial charge in [0.1, 0.15) is 11.5 Å². The van der Waals surface area contributed by atoms with Crippen molar-refractivity contribution >= 4 is 11.8 Å². The van der Waals surface area contributed by atoms with Crippen molar-refractivity contribution in [1.29, 1.82) is 0 Å². The number of phenols is 2. The Labute approximate surface area is 179 Å². The van der Waals surface area contributed by atoms with Gasteiger partial charge in [0.15, 0.2) is 0 Å². The van der Waals surface area contributed by atoms with E-state index in [-0.39, 0.29) is 0 Å². The quantitative estimate of drug-likeness (QED) is 0.537. The highest BCUT2D eigenvalue weighted by molar-refractivity contribution is 7.99. The van der Waals surface area contributed by atoms with Crippen molar-refractivity contribution in [2.45, 2.75) is 99.7 Å². The van der Waals surface area contributed by atoms with Crippen LogP contribution in [0.1, 0.15) is 98.3 Å². The van der Waals surface area contributed by atoms with Crippen LogP contribution in [-0.2, 0) is 0 Å². The first-order valence-corrected chi connectivity index (χ1v) is 12.2. The normalized spacial score (nSPS) is 18.8. The average molecular weight is 411 g/mol. The predicted molar refractivity (Wildman–Crippen MR) is 121 cm³/mol. The zero-order chi connectivity index (χ0) is 20.4. The fourth-order valence-corrected chi connectivity index (χ4v) is 6.36. The summed E-state index contributed by atoms with van der Waals surface area (Å²) in [5.41, 5.74) is 4.21. The van der Waals surface area contributed by atoms with Crippen LogP contribution in [0.4, 0.5) is 0 Å². The second-order valence-corrected chi connectivity index (χ2v) is 10.3. The monoisotopic (exact) mass is 410 g/mol. The standard InChI is InChI=1S/C26H34O2S/c1-17-13-21(15-23(25(17)27)19-9-5-3-6-10-19)29-22-14-18(2)26(28)24(16-22)20-11-7-4-8-12-20/h13-16,19-20,27-28H,3-12H2,1-2H3. The Morgan fingerprint density at radius 3 is 1.38 bits per heavy atom. The molecule has 2 fully saturated rings. The summed E-state index contributed by atoms with van der Waals surface area (Å²) >= 11 is 1.77. The van der Waals surface area contributed by atoms with E-state index >= 15 is 0 Å². The summed E-state index contributed by atoms with van der Waals surface area (Å²) in [4.78, 5) is 2.39. The number of aromatic hydroxyl groups is 2. The van der Waals surface area contributed by atoms with Crippen LogP contribution in [-0.4, -0.2) is 10.2 Å². The molecular weight excluding hydrogens is 376 g/mol. The van der Waals surface area contributed by atoms with Gasteiger partial charge in [-0.15, -0.1) is 0 Å². The first kappa shape index (κ1) is 20.7. The molecule has 0 saturated heterocycles. The van der Waals surface area contributed by atoms with Gasteiger partial charge in [0.25, 0.3) is 0 Å². The van der Waals surface area contributed by atoms with Crippen LogP contribution in [0.15, 0.2) is 34.1 Å². The lowest BCUT2D eigenvalue weighted by Gasteiger charge is -2.25. The lowest BCUT2D eigenvalue weighted by atomic mass is 9.83. The molecule has 0 aliphatic heterocycles. The van der Waals surface area contributed by atoms with E-state index in [0.29, 0.717) is 23.3 Å². The number of hydrogen-bond acceptors (Lipinski definition) is 3. The summed E-state index contributed by atoms with van der Waals surface area (Å²) in [6.45, 7) is 4.03. The molecule has 2 aliphatic rings. The number of phenolic OH excluding ortho intramolecular Hbond substituents is 2. The maximum Gasteiger partial charge on any atom is 0.122 e. The van der Waals surface area contributed by atoms with Crippen LogP contribution in [0.5, 0.6) is 11.5 Å². The highest BCUT2D eigenvalue weighted by Crippen LogP contribution is 2.44. The molecule has 0 spiro atoms. The molecule has 0 unspecified atom stereocenters. The van der Waals surface area contributed by atoms with Crippen LogP contribution in [0.2, 0.25) is 0 Å². The molecule has 0 amide bonds. The molecule has 156 valence electrons. The van der Waals surface area contributed by atoms with Crippen LogP contribution < -0.4 is 0 Å². The van der Waals surface area contributed by atoms with Gasteiger partial charge >= 0.3 is 0 Å². The number of rotatable bonds is 4. The van der Waals surface area contributed by atoms with Gasteiger partial charge in [-0.3, -0.25) is 0 Å². The molecule has 2 aliphatic carbocycles. The van der Waals surface area contributed by atoms with Crippen molar-refractivity contribution in [2.75, 3.05) is 0 Å². The summed E-state index contributed by atoms with van der Waals surface area (Å²) in [5, 5.41) is 21.4. The maximum absolute atomic E-state index is 10.7. The minimum Gasteiger partial charge on any atom is -0.507 e. The van der Waals surface area contributed by atoms with E-state index < -0.39 is 0 Å². The minimum atomic E-state index is 0.488. The third-order valence-corrected chi connectivity index (χ3v) is 7.88. The Balaban J connectivity index is 1.63. The topological polar surface area (TPSA) is 40.5 Å². The second-order valence-electron chi connectivity index (χ2n) is 9.13. The summed E-state index contributed by atoms with van der Waals surface area (Å²) in [5.74, 6) is 1.96. The summed E-state index contributed by atoms with van der Waals surface area (Å²) in [6, 6.07) is 8.64. The van der Waals surface area contributed by atoms with Gasteiger partial charge in [-0.25, -0.2) is 0 Å². The number of aryl methyl sites for hydroxylation is 2. The van der Waals surface area contributed by atoms with Gasteiger partial charge in [0, 0.05) is 9.79 Å². The lowest BCUT2D eigenvalue weighted by molar-refractivity contribution is 0.411. The van der Waals surface area contributed by atoms with Gasteiger partial charge in [0.2, 0.25) is 0 Å². The molecule has 2 aromatic rings. The summed E-state index contributed by atoms with van der Waals surface area (Å²) in [6.07, 6.45) is 12.5. The summed E-state index contributed by atoms with van der Waals surface area (Å²) < 4.78 is 0. The second kappa shape index (κ2) is 9.04. The average Bonchev–Trinajstić information content (AvgIpc) is 2.74.